The number of imidazole rings is 1. The summed E-state index contributed by atoms with van der Waals surface area (Å²) < 4.78 is 3.78. The van der Waals surface area contributed by atoms with Crippen LogP contribution in [-0.4, -0.2) is 73.5 Å². The number of hydrogen-bond donors (Lipinski definition) is 0. The van der Waals surface area contributed by atoms with Gasteiger partial charge in [-0.2, -0.15) is 0 Å². The van der Waals surface area contributed by atoms with Crippen LogP contribution in [0.2, 0.25) is 0 Å². The van der Waals surface area contributed by atoms with Crippen molar-refractivity contribution in [3.05, 3.63) is 30.6 Å². The number of aromatic nitrogens is 5. The van der Waals surface area contributed by atoms with Crippen molar-refractivity contribution in [1.82, 2.24) is 34.3 Å². The summed E-state index contributed by atoms with van der Waals surface area (Å²) >= 11 is 0. The predicted octanol–water partition coefficient (Wildman–Crippen LogP) is 0.683. The second kappa shape index (κ2) is 6.11. The molecule has 8 heteroatoms. The molecule has 2 atom stereocenters. The average molecular weight is 317 g/mol. The average Bonchev–Trinajstić information content (AvgIpc) is 3.24. The van der Waals surface area contributed by atoms with Gasteiger partial charge in [0.15, 0.2) is 0 Å². The summed E-state index contributed by atoms with van der Waals surface area (Å²) in [4.78, 5) is 21.0. The monoisotopic (exact) mass is 317 g/mol. The van der Waals surface area contributed by atoms with E-state index in [1.165, 1.54) is 0 Å². The topological polar surface area (TPSA) is 72.1 Å². The maximum atomic E-state index is 12.8. The summed E-state index contributed by atoms with van der Waals surface area (Å²) in [6.45, 7) is 5.40. The lowest BCUT2D eigenvalue weighted by Crippen LogP contribution is -2.37. The minimum absolute atomic E-state index is 0.0288. The standard InChI is InChI=1S/C15H23N7O/c1-11(2)21-7-12(16-10-21)15(23)20-8-13(19(3)4)14(9-20)22-6-5-17-18-22/h5-7,10-11,13-14H,8-9H2,1-4H3/t13-,14+/m1/s1. The first-order valence-corrected chi connectivity index (χ1v) is 7.82. The normalized spacial score (nSPS) is 21.6. The van der Waals surface area contributed by atoms with Gasteiger partial charge in [-0.3, -0.25) is 4.79 Å². The molecular weight excluding hydrogens is 294 g/mol. The molecule has 1 aliphatic heterocycles. The van der Waals surface area contributed by atoms with Crippen LogP contribution < -0.4 is 0 Å². The van der Waals surface area contributed by atoms with Crippen molar-refractivity contribution in [3.8, 4) is 0 Å². The number of carbonyl (C=O) groups excluding carboxylic acids is 1. The smallest absolute Gasteiger partial charge is 0.274 e. The molecule has 0 aliphatic carbocycles. The van der Waals surface area contributed by atoms with Gasteiger partial charge in [-0.1, -0.05) is 5.21 Å². The molecule has 0 N–H and O–H groups in total. The third-order valence-electron chi connectivity index (χ3n) is 4.41. The van der Waals surface area contributed by atoms with Gasteiger partial charge in [-0.05, 0) is 27.9 Å². The highest BCUT2D eigenvalue weighted by Crippen LogP contribution is 2.25. The molecule has 3 rings (SSSR count). The molecule has 0 aromatic carbocycles. The Balaban J connectivity index is 1.79. The van der Waals surface area contributed by atoms with Crippen molar-refractivity contribution in [2.75, 3.05) is 27.2 Å². The Bertz CT molecular complexity index is 661. The summed E-state index contributed by atoms with van der Waals surface area (Å²) in [5.41, 5.74) is 0.496. The SMILES string of the molecule is CC(C)n1cnc(C(=O)N2C[C@@H](N(C)C)[C@@H](n3ccnn3)C2)c1. The van der Waals surface area contributed by atoms with Gasteiger partial charge in [0, 0.05) is 31.5 Å². The number of likely N-dealkylation sites (N-methyl/N-ethyl adjacent to an activating group) is 1. The molecule has 124 valence electrons. The Morgan fingerprint density at radius 1 is 1.35 bits per heavy atom. The fraction of sp³-hybridized carbons (Fsp3) is 0.600. The van der Waals surface area contributed by atoms with Crippen LogP contribution in [0.5, 0.6) is 0 Å². The van der Waals surface area contributed by atoms with Crippen LogP contribution in [-0.2, 0) is 0 Å². The van der Waals surface area contributed by atoms with Crippen LogP contribution in [0, 0.1) is 0 Å². The second-order valence-electron chi connectivity index (χ2n) is 6.49. The highest BCUT2D eigenvalue weighted by Gasteiger charge is 2.38. The molecule has 1 saturated heterocycles. The molecule has 0 unspecified atom stereocenters. The molecule has 1 aliphatic rings. The van der Waals surface area contributed by atoms with Crippen LogP contribution in [0.1, 0.15) is 36.4 Å². The molecule has 0 saturated carbocycles. The number of rotatable bonds is 4. The second-order valence-corrected chi connectivity index (χ2v) is 6.49. The summed E-state index contributed by atoms with van der Waals surface area (Å²) in [6, 6.07) is 0.594. The van der Waals surface area contributed by atoms with Crippen LogP contribution in [0.15, 0.2) is 24.9 Å². The fourth-order valence-corrected chi connectivity index (χ4v) is 2.99. The molecule has 8 nitrogen and oxygen atoms in total. The van der Waals surface area contributed by atoms with Gasteiger partial charge in [0.05, 0.1) is 24.6 Å². The first-order valence-electron chi connectivity index (χ1n) is 7.82. The van der Waals surface area contributed by atoms with Gasteiger partial charge < -0.3 is 14.4 Å². The van der Waals surface area contributed by atoms with Crippen LogP contribution in [0.4, 0.5) is 0 Å². The molecule has 23 heavy (non-hydrogen) atoms. The van der Waals surface area contributed by atoms with E-state index >= 15 is 0 Å². The lowest BCUT2D eigenvalue weighted by Gasteiger charge is -2.24. The Labute approximate surface area is 135 Å². The fourth-order valence-electron chi connectivity index (χ4n) is 2.99. The maximum Gasteiger partial charge on any atom is 0.274 e. The van der Waals surface area contributed by atoms with Crippen molar-refractivity contribution in [2.45, 2.75) is 32.0 Å². The number of nitrogens with zero attached hydrogens (tertiary/aromatic N) is 7. The van der Waals surface area contributed by atoms with E-state index in [1.807, 2.05) is 40.6 Å². The summed E-state index contributed by atoms with van der Waals surface area (Å²) in [5.74, 6) is -0.0288. The zero-order valence-electron chi connectivity index (χ0n) is 14.0. The Morgan fingerprint density at radius 2 is 2.13 bits per heavy atom. The van der Waals surface area contributed by atoms with E-state index < -0.39 is 0 Å². The van der Waals surface area contributed by atoms with Crippen molar-refractivity contribution >= 4 is 5.91 Å². The Hall–Kier alpha value is -2.22. The van der Waals surface area contributed by atoms with Gasteiger partial charge in [-0.25, -0.2) is 9.67 Å². The molecule has 2 aromatic rings. The van der Waals surface area contributed by atoms with Gasteiger partial charge >= 0.3 is 0 Å². The van der Waals surface area contributed by atoms with E-state index in [1.54, 1.807) is 12.5 Å². The first-order chi connectivity index (χ1) is 11.0. The van der Waals surface area contributed by atoms with E-state index in [2.05, 4.69) is 34.0 Å². The van der Waals surface area contributed by atoms with Crippen molar-refractivity contribution in [3.63, 3.8) is 0 Å². The van der Waals surface area contributed by atoms with Crippen molar-refractivity contribution < 1.29 is 4.79 Å². The molecule has 3 heterocycles. The van der Waals surface area contributed by atoms with Gasteiger partial charge in [0.25, 0.3) is 5.91 Å². The van der Waals surface area contributed by atoms with E-state index in [0.717, 1.165) is 0 Å². The molecular formula is C15H23N7O. The minimum Gasteiger partial charge on any atom is -0.334 e. The molecule has 0 bridgehead atoms. The maximum absolute atomic E-state index is 12.8. The van der Waals surface area contributed by atoms with Crippen molar-refractivity contribution in [2.24, 2.45) is 0 Å². The molecule has 2 aromatic heterocycles. The van der Waals surface area contributed by atoms with Crippen molar-refractivity contribution in [1.29, 1.82) is 0 Å². The van der Waals surface area contributed by atoms with Gasteiger partial charge in [0.2, 0.25) is 0 Å². The number of likely N-dealkylation sites (tertiary alicyclic amines) is 1. The summed E-state index contributed by atoms with van der Waals surface area (Å²) in [7, 11) is 4.05. The number of amides is 1. The van der Waals surface area contributed by atoms with Crippen LogP contribution in [0.25, 0.3) is 0 Å². The Kier molecular flexibility index (Phi) is 4.16. The highest BCUT2D eigenvalue weighted by molar-refractivity contribution is 5.92. The molecule has 1 fully saturated rings. The lowest BCUT2D eigenvalue weighted by molar-refractivity contribution is 0.0775. The minimum atomic E-state index is -0.0288. The van der Waals surface area contributed by atoms with E-state index in [0.29, 0.717) is 24.8 Å². The summed E-state index contributed by atoms with van der Waals surface area (Å²) in [5, 5.41) is 7.99. The lowest BCUT2D eigenvalue weighted by atomic mass is 10.1. The third kappa shape index (κ3) is 2.98. The van der Waals surface area contributed by atoms with Gasteiger partial charge in [-0.15, -0.1) is 5.10 Å². The Morgan fingerprint density at radius 3 is 2.70 bits per heavy atom. The van der Waals surface area contributed by atoms with E-state index in [4.69, 9.17) is 0 Å². The molecule has 0 radical (unpaired) electrons. The molecule has 1 amide bonds. The zero-order chi connectivity index (χ0) is 16.6. The zero-order valence-corrected chi connectivity index (χ0v) is 14.0. The third-order valence-corrected chi connectivity index (χ3v) is 4.41. The number of carbonyl (C=O) groups is 1. The van der Waals surface area contributed by atoms with E-state index in [-0.39, 0.29) is 18.0 Å². The van der Waals surface area contributed by atoms with Crippen LogP contribution >= 0.6 is 0 Å². The quantitative estimate of drug-likeness (QED) is 0.829. The number of hydrogen-bond acceptors (Lipinski definition) is 5. The first kappa shape index (κ1) is 15.7. The largest absolute Gasteiger partial charge is 0.334 e. The highest BCUT2D eigenvalue weighted by atomic mass is 16.2. The van der Waals surface area contributed by atoms with E-state index in [9.17, 15) is 4.79 Å². The molecule has 0 spiro atoms. The predicted molar refractivity (Wildman–Crippen MR) is 85.0 cm³/mol. The van der Waals surface area contributed by atoms with Crippen LogP contribution in [0.3, 0.4) is 0 Å². The van der Waals surface area contributed by atoms with Gasteiger partial charge in [0.1, 0.15) is 5.69 Å². The summed E-state index contributed by atoms with van der Waals surface area (Å²) in [6.07, 6.45) is 7.05.